The third-order valence-corrected chi connectivity index (χ3v) is 3.37. The van der Waals surface area contributed by atoms with E-state index in [2.05, 4.69) is 23.5 Å². The molecule has 1 atom stereocenters. The zero-order chi connectivity index (χ0) is 10.7. The molecule has 2 rings (SSSR count). The van der Waals surface area contributed by atoms with Crippen LogP contribution in [0.3, 0.4) is 0 Å². The van der Waals surface area contributed by atoms with E-state index in [1.54, 1.807) is 0 Å². The molecule has 0 bridgehead atoms. The van der Waals surface area contributed by atoms with Crippen molar-refractivity contribution >= 4 is 0 Å². The number of hydrogen-bond acceptors (Lipinski definition) is 2. The first-order valence-corrected chi connectivity index (χ1v) is 6.01. The Hall–Kier alpha value is -0.830. The van der Waals surface area contributed by atoms with Gasteiger partial charge in [0.05, 0.1) is 6.20 Å². The summed E-state index contributed by atoms with van der Waals surface area (Å²) in [5, 5.41) is 7.81. The lowest BCUT2D eigenvalue weighted by molar-refractivity contribution is 0.262. The summed E-state index contributed by atoms with van der Waals surface area (Å²) in [5.41, 5.74) is 1.34. The highest BCUT2D eigenvalue weighted by Crippen LogP contribution is 2.34. The molecule has 0 amide bonds. The van der Waals surface area contributed by atoms with Gasteiger partial charge in [0.2, 0.25) is 0 Å². The molecule has 3 heteroatoms. The van der Waals surface area contributed by atoms with E-state index in [0.29, 0.717) is 6.04 Å². The molecular formula is C12H21N3. The van der Waals surface area contributed by atoms with Crippen molar-refractivity contribution in [2.75, 3.05) is 6.54 Å². The number of hydrogen-bond donors (Lipinski definition) is 1. The fourth-order valence-electron chi connectivity index (χ4n) is 2.27. The number of aryl methyl sites for hydroxylation is 1. The normalized spacial score (nSPS) is 18.8. The summed E-state index contributed by atoms with van der Waals surface area (Å²) in [6.07, 6.45) is 9.67. The van der Waals surface area contributed by atoms with E-state index >= 15 is 0 Å². The molecule has 0 spiro atoms. The van der Waals surface area contributed by atoms with Crippen molar-refractivity contribution in [3.63, 3.8) is 0 Å². The summed E-state index contributed by atoms with van der Waals surface area (Å²) in [5.74, 6) is 0.939. The lowest BCUT2D eigenvalue weighted by Crippen LogP contribution is -2.25. The van der Waals surface area contributed by atoms with Crippen molar-refractivity contribution in [2.24, 2.45) is 13.0 Å². The smallest absolute Gasteiger partial charge is 0.0537 e. The summed E-state index contributed by atoms with van der Waals surface area (Å²) < 4.78 is 1.89. The predicted octanol–water partition coefficient (Wildman–Crippen LogP) is 2.26. The maximum atomic E-state index is 4.25. The molecule has 84 valence electrons. The molecule has 15 heavy (non-hydrogen) atoms. The van der Waals surface area contributed by atoms with Gasteiger partial charge in [0, 0.05) is 24.8 Å². The average Bonchev–Trinajstić information content (AvgIpc) is 2.56. The highest BCUT2D eigenvalue weighted by molar-refractivity contribution is 5.10. The van der Waals surface area contributed by atoms with Gasteiger partial charge in [0.15, 0.2) is 0 Å². The van der Waals surface area contributed by atoms with Crippen LogP contribution < -0.4 is 5.32 Å². The van der Waals surface area contributed by atoms with Crippen LogP contribution in [0.4, 0.5) is 0 Å². The van der Waals surface area contributed by atoms with Gasteiger partial charge >= 0.3 is 0 Å². The van der Waals surface area contributed by atoms with E-state index in [9.17, 15) is 0 Å². The van der Waals surface area contributed by atoms with Gasteiger partial charge < -0.3 is 5.32 Å². The maximum absolute atomic E-state index is 4.25. The molecule has 0 aliphatic heterocycles. The Morgan fingerprint density at radius 2 is 2.40 bits per heavy atom. The SMILES string of the molecule is CCNC(CC1CCC1)c1cnn(C)c1. The van der Waals surface area contributed by atoms with Crippen LogP contribution in [0.2, 0.25) is 0 Å². The quantitative estimate of drug-likeness (QED) is 0.802. The van der Waals surface area contributed by atoms with E-state index in [1.807, 2.05) is 17.9 Å². The van der Waals surface area contributed by atoms with Crippen LogP contribution in [-0.2, 0) is 7.05 Å². The summed E-state index contributed by atoms with van der Waals surface area (Å²) in [6.45, 7) is 3.20. The third kappa shape index (κ3) is 2.59. The fraction of sp³-hybridized carbons (Fsp3) is 0.750. The van der Waals surface area contributed by atoms with Crippen LogP contribution in [0, 0.1) is 5.92 Å². The molecule has 1 saturated carbocycles. The molecule has 3 nitrogen and oxygen atoms in total. The maximum Gasteiger partial charge on any atom is 0.0537 e. The molecule has 0 radical (unpaired) electrons. The third-order valence-electron chi connectivity index (χ3n) is 3.37. The Balaban J connectivity index is 1.97. The molecule has 1 heterocycles. The largest absolute Gasteiger partial charge is 0.310 e. The van der Waals surface area contributed by atoms with E-state index in [1.165, 1.54) is 31.2 Å². The van der Waals surface area contributed by atoms with Gasteiger partial charge in [-0.05, 0) is 18.9 Å². The van der Waals surface area contributed by atoms with Crippen LogP contribution in [0.15, 0.2) is 12.4 Å². The summed E-state index contributed by atoms with van der Waals surface area (Å²) in [4.78, 5) is 0. The highest BCUT2D eigenvalue weighted by Gasteiger charge is 2.23. The van der Waals surface area contributed by atoms with Crippen LogP contribution in [-0.4, -0.2) is 16.3 Å². The van der Waals surface area contributed by atoms with Crippen molar-refractivity contribution in [2.45, 2.75) is 38.6 Å². The minimum atomic E-state index is 0.508. The van der Waals surface area contributed by atoms with Gasteiger partial charge in [-0.3, -0.25) is 4.68 Å². The van der Waals surface area contributed by atoms with Crippen molar-refractivity contribution in [3.8, 4) is 0 Å². The van der Waals surface area contributed by atoms with E-state index in [4.69, 9.17) is 0 Å². The number of nitrogens with one attached hydrogen (secondary N) is 1. The van der Waals surface area contributed by atoms with E-state index < -0.39 is 0 Å². The van der Waals surface area contributed by atoms with Crippen molar-refractivity contribution in [1.82, 2.24) is 15.1 Å². The van der Waals surface area contributed by atoms with E-state index in [-0.39, 0.29) is 0 Å². The molecule has 0 saturated heterocycles. The van der Waals surface area contributed by atoms with Crippen LogP contribution in [0.5, 0.6) is 0 Å². The van der Waals surface area contributed by atoms with E-state index in [0.717, 1.165) is 12.5 Å². The summed E-state index contributed by atoms with van der Waals surface area (Å²) >= 11 is 0. The van der Waals surface area contributed by atoms with Crippen LogP contribution in [0.1, 0.15) is 44.2 Å². The van der Waals surface area contributed by atoms with Gasteiger partial charge in [-0.15, -0.1) is 0 Å². The van der Waals surface area contributed by atoms with Crippen molar-refractivity contribution < 1.29 is 0 Å². The Labute approximate surface area is 91.9 Å². The van der Waals surface area contributed by atoms with Gasteiger partial charge in [-0.1, -0.05) is 26.2 Å². The Morgan fingerprint density at radius 3 is 2.87 bits per heavy atom. The predicted molar refractivity (Wildman–Crippen MR) is 61.6 cm³/mol. The highest BCUT2D eigenvalue weighted by atomic mass is 15.2. The lowest BCUT2D eigenvalue weighted by atomic mass is 9.80. The second-order valence-corrected chi connectivity index (χ2v) is 4.59. The van der Waals surface area contributed by atoms with Gasteiger partial charge in [-0.25, -0.2) is 0 Å². The second-order valence-electron chi connectivity index (χ2n) is 4.59. The first kappa shape index (κ1) is 10.7. The first-order chi connectivity index (χ1) is 7.29. The summed E-state index contributed by atoms with van der Waals surface area (Å²) in [7, 11) is 1.98. The van der Waals surface area contributed by atoms with Crippen molar-refractivity contribution in [3.05, 3.63) is 18.0 Å². The first-order valence-electron chi connectivity index (χ1n) is 6.01. The lowest BCUT2D eigenvalue weighted by Gasteiger charge is -2.29. The molecule has 1 fully saturated rings. The number of nitrogens with zero attached hydrogens (tertiary/aromatic N) is 2. The van der Waals surface area contributed by atoms with Gasteiger partial charge in [-0.2, -0.15) is 5.10 Å². The molecule has 1 aliphatic carbocycles. The second kappa shape index (κ2) is 4.79. The molecule has 0 aromatic carbocycles. The van der Waals surface area contributed by atoms with Gasteiger partial charge in [0.1, 0.15) is 0 Å². The van der Waals surface area contributed by atoms with Gasteiger partial charge in [0.25, 0.3) is 0 Å². The zero-order valence-corrected chi connectivity index (χ0v) is 9.74. The molecule has 1 aromatic heterocycles. The fourth-order valence-corrected chi connectivity index (χ4v) is 2.27. The molecule has 1 aliphatic rings. The molecular weight excluding hydrogens is 186 g/mol. The monoisotopic (exact) mass is 207 g/mol. The van der Waals surface area contributed by atoms with Crippen LogP contribution in [0.25, 0.3) is 0 Å². The minimum absolute atomic E-state index is 0.508. The Bertz CT molecular complexity index is 302. The molecule has 1 aromatic rings. The number of rotatable bonds is 5. The topological polar surface area (TPSA) is 29.9 Å². The molecule has 1 N–H and O–H groups in total. The minimum Gasteiger partial charge on any atom is -0.310 e. The Kier molecular flexibility index (Phi) is 3.41. The van der Waals surface area contributed by atoms with Crippen LogP contribution >= 0.6 is 0 Å². The zero-order valence-electron chi connectivity index (χ0n) is 9.74. The standard InChI is InChI=1S/C12H21N3/c1-3-13-12(7-10-5-4-6-10)11-8-14-15(2)9-11/h8-10,12-13H,3-7H2,1-2H3. The van der Waals surface area contributed by atoms with Crippen molar-refractivity contribution in [1.29, 1.82) is 0 Å². The Morgan fingerprint density at radius 1 is 1.60 bits per heavy atom. The molecule has 1 unspecified atom stereocenters. The number of aromatic nitrogens is 2. The average molecular weight is 207 g/mol. The summed E-state index contributed by atoms with van der Waals surface area (Å²) in [6, 6.07) is 0.508.